The maximum atomic E-state index is 11.9. The fraction of sp³-hybridized carbons (Fsp3) is 0.500. The lowest BCUT2D eigenvalue weighted by atomic mass is 10.3. The topological polar surface area (TPSA) is 125 Å². The van der Waals surface area contributed by atoms with Crippen LogP contribution in [0.1, 0.15) is 0 Å². The van der Waals surface area contributed by atoms with Crippen LogP contribution in [-0.4, -0.2) is 58.1 Å². The Bertz CT molecular complexity index is 574. The molecule has 22 heavy (non-hydrogen) atoms. The average Bonchev–Trinajstić information content (AvgIpc) is 2.50. The van der Waals surface area contributed by atoms with Gasteiger partial charge >= 0.3 is 10.1 Å². The van der Waals surface area contributed by atoms with Gasteiger partial charge < -0.3 is 14.6 Å². The van der Waals surface area contributed by atoms with E-state index in [2.05, 4.69) is 0 Å². The Labute approximate surface area is 127 Å². The largest absolute Gasteiger partial charge is 0.394 e. The molecule has 0 amide bonds. The molecule has 1 rings (SSSR count). The van der Waals surface area contributed by atoms with Crippen LogP contribution in [0.5, 0.6) is 0 Å². The van der Waals surface area contributed by atoms with Crippen molar-refractivity contribution in [2.45, 2.75) is 4.90 Å². The van der Waals surface area contributed by atoms with Gasteiger partial charge in [-0.3, -0.25) is 14.3 Å². The van der Waals surface area contributed by atoms with E-state index in [-0.39, 0.29) is 39.6 Å². The summed E-state index contributed by atoms with van der Waals surface area (Å²) in [5.41, 5.74) is -0.541. The van der Waals surface area contributed by atoms with E-state index in [0.717, 1.165) is 12.1 Å². The van der Waals surface area contributed by atoms with Gasteiger partial charge in [-0.15, -0.1) is 0 Å². The SMILES string of the molecule is O=[N+]([O-])c1ccccc1S(=O)(=O)OCCOCCOCCO. The minimum atomic E-state index is -4.22. The molecule has 0 aliphatic rings. The van der Waals surface area contributed by atoms with Crippen LogP contribution in [0.4, 0.5) is 5.69 Å². The van der Waals surface area contributed by atoms with Gasteiger partial charge in [0, 0.05) is 6.07 Å². The minimum absolute atomic E-state index is 0.0116. The first-order valence-electron chi connectivity index (χ1n) is 6.38. The molecule has 0 radical (unpaired) electrons. The highest BCUT2D eigenvalue weighted by molar-refractivity contribution is 7.87. The normalized spacial score (nSPS) is 11.5. The molecule has 124 valence electrons. The Kier molecular flexibility index (Phi) is 7.91. The highest BCUT2D eigenvalue weighted by atomic mass is 32.2. The number of hydrogen-bond donors (Lipinski definition) is 1. The summed E-state index contributed by atoms with van der Waals surface area (Å²) >= 11 is 0. The number of nitrogens with zero attached hydrogens (tertiary/aromatic N) is 1. The summed E-state index contributed by atoms with van der Waals surface area (Å²) in [6, 6.07) is 4.94. The van der Waals surface area contributed by atoms with Crippen LogP contribution in [0.15, 0.2) is 29.2 Å². The van der Waals surface area contributed by atoms with Crippen molar-refractivity contribution in [3.8, 4) is 0 Å². The van der Waals surface area contributed by atoms with Crippen LogP contribution in [0.25, 0.3) is 0 Å². The molecule has 0 aliphatic carbocycles. The highest BCUT2D eigenvalue weighted by Crippen LogP contribution is 2.24. The molecule has 0 aromatic heterocycles. The number of benzene rings is 1. The van der Waals surface area contributed by atoms with Gasteiger partial charge in [0.05, 0.1) is 44.6 Å². The fourth-order valence-electron chi connectivity index (χ4n) is 1.47. The lowest BCUT2D eigenvalue weighted by molar-refractivity contribution is -0.387. The van der Waals surface area contributed by atoms with Crippen molar-refractivity contribution >= 4 is 15.8 Å². The molecule has 1 aromatic rings. The van der Waals surface area contributed by atoms with Gasteiger partial charge in [-0.1, -0.05) is 12.1 Å². The number of hydrogen-bond acceptors (Lipinski definition) is 8. The van der Waals surface area contributed by atoms with Crippen LogP contribution in [0, 0.1) is 10.1 Å². The standard InChI is InChI=1S/C12H17NO8S/c14-5-6-19-7-8-20-9-10-21-22(17,18)12-4-2-1-3-11(12)13(15)16/h1-4,14H,5-10H2. The molecule has 0 atom stereocenters. The molecular weight excluding hydrogens is 318 g/mol. The van der Waals surface area contributed by atoms with Crippen molar-refractivity contribution in [3.05, 3.63) is 34.4 Å². The third-order valence-corrected chi connectivity index (χ3v) is 3.77. The highest BCUT2D eigenvalue weighted by Gasteiger charge is 2.25. The third kappa shape index (κ3) is 6.03. The van der Waals surface area contributed by atoms with Gasteiger partial charge in [-0.05, 0) is 6.07 Å². The smallest absolute Gasteiger partial charge is 0.303 e. The van der Waals surface area contributed by atoms with E-state index < -0.39 is 25.6 Å². The maximum Gasteiger partial charge on any atom is 0.303 e. The second-order valence-electron chi connectivity index (χ2n) is 3.95. The van der Waals surface area contributed by atoms with Gasteiger partial charge in [0.1, 0.15) is 0 Å². The summed E-state index contributed by atoms with van der Waals surface area (Å²) in [5, 5.41) is 19.3. The third-order valence-electron chi connectivity index (χ3n) is 2.41. The summed E-state index contributed by atoms with van der Waals surface area (Å²) in [6.07, 6.45) is 0. The molecule has 0 bridgehead atoms. The van der Waals surface area contributed by atoms with Crippen molar-refractivity contribution in [2.75, 3.05) is 39.6 Å². The van der Waals surface area contributed by atoms with Crippen molar-refractivity contribution in [1.29, 1.82) is 0 Å². The van der Waals surface area contributed by atoms with Crippen molar-refractivity contribution < 1.29 is 32.1 Å². The van der Waals surface area contributed by atoms with Gasteiger partial charge in [-0.2, -0.15) is 8.42 Å². The van der Waals surface area contributed by atoms with Gasteiger partial charge in [0.25, 0.3) is 5.69 Å². The Morgan fingerprint density at radius 1 is 1.05 bits per heavy atom. The van der Waals surface area contributed by atoms with Crippen molar-refractivity contribution in [2.24, 2.45) is 0 Å². The van der Waals surface area contributed by atoms with E-state index in [9.17, 15) is 18.5 Å². The lowest BCUT2D eigenvalue weighted by Gasteiger charge is -2.07. The first-order chi connectivity index (χ1) is 10.5. The van der Waals surface area contributed by atoms with Gasteiger partial charge in [0.15, 0.2) is 4.90 Å². The van der Waals surface area contributed by atoms with E-state index in [0.29, 0.717) is 0 Å². The van der Waals surface area contributed by atoms with E-state index in [1.807, 2.05) is 0 Å². The average molecular weight is 335 g/mol. The molecule has 0 saturated heterocycles. The Hall–Kier alpha value is -1.59. The quantitative estimate of drug-likeness (QED) is 0.265. The van der Waals surface area contributed by atoms with E-state index in [1.54, 1.807) is 0 Å². The Balaban J connectivity index is 2.44. The molecular formula is C12H17NO8S. The predicted molar refractivity (Wildman–Crippen MR) is 75.0 cm³/mol. The van der Waals surface area contributed by atoms with E-state index in [1.165, 1.54) is 12.1 Å². The Morgan fingerprint density at radius 3 is 2.27 bits per heavy atom. The van der Waals surface area contributed by atoms with Crippen LogP contribution < -0.4 is 0 Å². The number of ether oxygens (including phenoxy) is 2. The number of rotatable bonds is 11. The molecule has 0 saturated carbocycles. The zero-order valence-electron chi connectivity index (χ0n) is 11.7. The monoisotopic (exact) mass is 335 g/mol. The first-order valence-corrected chi connectivity index (χ1v) is 7.79. The summed E-state index contributed by atoms with van der Waals surface area (Å²) in [4.78, 5) is 9.52. The van der Waals surface area contributed by atoms with Crippen LogP contribution in [0.3, 0.4) is 0 Å². The maximum absolute atomic E-state index is 11.9. The summed E-state index contributed by atoms with van der Waals surface area (Å²) < 4.78 is 38.5. The number of nitro groups is 1. The molecule has 1 N–H and O–H groups in total. The molecule has 0 aliphatic heterocycles. The molecule has 1 aromatic carbocycles. The molecule has 0 unspecified atom stereocenters. The zero-order valence-corrected chi connectivity index (χ0v) is 12.5. The molecule has 0 fully saturated rings. The van der Waals surface area contributed by atoms with E-state index in [4.69, 9.17) is 18.8 Å². The van der Waals surface area contributed by atoms with Crippen LogP contribution in [-0.2, 0) is 23.8 Å². The number of nitro benzene ring substituents is 1. The van der Waals surface area contributed by atoms with Gasteiger partial charge in [-0.25, -0.2) is 0 Å². The molecule has 10 heteroatoms. The second kappa shape index (κ2) is 9.43. The van der Waals surface area contributed by atoms with Crippen molar-refractivity contribution in [3.63, 3.8) is 0 Å². The second-order valence-corrected chi connectivity index (χ2v) is 5.53. The predicted octanol–water partition coefficient (Wildman–Crippen LogP) is 0.326. The van der Waals surface area contributed by atoms with Crippen LogP contribution >= 0.6 is 0 Å². The summed E-state index contributed by atoms with van der Waals surface area (Å²) in [6.45, 7) is 0.312. The zero-order chi connectivity index (χ0) is 16.4. The number of aliphatic hydroxyl groups is 1. The number of aliphatic hydroxyl groups excluding tert-OH is 1. The van der Waals surface area contributed by atoms with Crippen molar-refractivity contribution in [1.82, 2.24) is 0 Å². The summed E-state index contributed by atoms with van der Waals surface area (Å²) in [5.74, 6) is 0. The minimum Gasteiger partial charge on any atom is -0.394 e. The molecule has 9 nitrogen and oxygen atoms in total. The summed E-state index contributed by atoms with van der Waals surface area (Å²) in [7, 11) is -4.22. The number of para-hydroxylation sites is 1. The lowest BCUT2D eigenvalue weighted by Crippen LogP contribution is -2.15. The molecule has 0 heterocycles. The van der Waals surface area contributed by atoms with Gasteiger partial charge in [0.2, 0.25) is 0 Å². The van der Waals surface area contributed by atoms with Crippen LogP contribution in [0.2, 0.25) is 0 Å². The molecule has 0 spiro atoms. The first kappa shape index (κ1) is 18.5. The Morgan fingerprint density at radius 2 is 1.64 bits per heavy atom. The van der Waals surface area contributed by atoms with E-state index >= 15 is 0 Å². The fourth-order valence-corrected chi connectivity index (χ4v) is 2.53.